The predicted molar refractivity (Wildman–Crippen MR) is 119 cm³/mol. The fraction of sp³-hybridized carbons (Fsp3) is 0.250. The average molecular weight is 432 g/mol. The molecule has 0 spiro atoms. The molecule has 1 amide bonds. The first-order valence-corrected chi connectivity index (χ1v) is 10.5. The summed E-state index contributed by atoms with van der Waals surface area (Å²) in [5, 5.41) is 10.8. The Bertz CT molecular complexity index is 1160. The van der Waals surface area contributed by atoms with Crippen molar-refractivity contribution in [2.24, 2.45) is 0 Å². The molecule has 0 bridgehead atoms. The number of hydrogen-bond acceptors (Lipinski definition) is 7. The summed E-state index contributed by atoms with van der Waals surface area (Å²) in [6, 6.07) is 17.2. The van der Waals surface area contributed by atoms with Crippen molar-refractivity contribution in [1.29, 1.82) is 0 Å². The van der Waals surface area contributed by atoms with Crippen LogP contribution in [0.4, 0.5) is 5.88 Å². The number of ether oxygens (including phenoxy) is 1. The molecule has 4 aromatic rings. The molecule has 0 aliphatic carbocycles. The first-order chi connectivity index (χ1) is 15.6. The van der Waals surface area contributed by atoms with Crippen LogP contribution in [0.1, 0.15) is 31.2 Å². The summed E-state index contributed by atoms with van der Waals surface area (Å²) >= 11 is 0. The average Bonchev–Trinajstić information content (AvgIpc) is 3.49. The lowest BCUT2D eigenvalue weighted by Crippen LogP contribution is -2.10. The van der Waals surface area contributed by atoms with E-state index >= 15 is 0 Å². The normalized spacial score (nSPS) is 10.8. The van der Waals surface area contributed by atoms with E-state index in [1.165, 1.54) is 5.56 Å². The maximum absolute atomic E-state index is 12.2. The minimum atomic E-state index is -0.163. The summed E-state index contributed by atoms with van der Waals surface area (Å²) in [7, 11) is 1.62. The molecule has 8 nitrogen and oxygen atoms in total. The monoisotopic (exact) mass is 432 g/mol. The van der Waals surface area contributed by atoms with Crippen LogP contribution < -0.4 is 10.1 Å². The van der Waals surface area contributed by atoms with Crippen LogP contribution in [-0.4, -0.2) is 28.3 Å². The van der Waals surface area contributed by atoms with Gasteiger partial charge in [-0.3, -0.25) is 10.1 Å². The standard InChI is InChI=1S/C24H24N4O4/c1-3-16-7-9-17(10-8-16)20-15-23(32-27-20)25-21(29)5-4-6-22-26-24(28-31-22)18-11-13-19(30-2)14-12-18/h7-15H,3-6H2,1-2H3,(H,25,29). The van der Waals surface area contributed by atoms with Gasteiger partial charge in [-0.15, -0.1) is 0 Å². The molecule has 4 rings (SSSR count). The van der Waals surface area contributed by atoms with E-state index in [0.29, 0.717) is 42.6 Å². The summed E-state index contributed by atoms with van der Waals surface area (Å²) in [5.74, 6) is 1.92. The third-order valence-electron chi connectivity index (χ3n) is 5.04. The van der Waals surface area contributed by atoms with E-state index < -0.39 is 0 Å². The minimum Gasteiger partial charge on any atom is -0.497 e. The van der Waals surface area contributed by atoms with Gasteiger partial charge < -0.3 is 13.8 Å². The lowest BCUT2D eigenvalue weighted by Gasteiger charge is -2.00. The Kier molecular flexibility index (Phi) is 6.60. The van der Waals surface area contributed by atoms with Gasteiger partial charge in [0.15, 0.2) is 0 Å². The van der Waals surface area contributed by atoms with E-state index in [1.807, 2.05) is 36.4 Å². The predicted octanol–water partition coefficient (Wildman–Crippen LogP) is 4.92. The molecule has 0 saturated carbocycles. The summed E-state index contributed by atoms with van der Waals surface area (Å²) in [6.45, 7) is 2.11. The Labute approximate surface area is 185 Å². The summed E-state index contributed by atoms with van der Waals surface area (Å²) < 4.78 is 15.7. The molecule has 0 aliphatic rings. The second-order valence-electron chi connectivity index (χ2n) is 7.27. The molecule has 2 aromatic heterocycles. The number of aromatic nitrogens is 3. The van der Waals surface area contributed by atoms with Crippen LogP contribution in [0.5, 0.6) is 5.75 Å². The lowest BCUT2D eigenvalue weighted by molar-refractivity contribution is -0.116. The van der Waals surface area contributed by atoms with Crippen LogP contribution in [-0.2, 0) is 17.6 Å². The first-order valence-electron chi connectivity index (χ1n) is 10.5. The number of carbonyl (C=O) groups is 1. The van der Waals surface area contributed by atoms with E-state index in [1.54, 1.807) is 13.2 Å². The molecule has 2 heterocycles. The number of nitrogens with one attached hydrogen (secondary N) is 1. The van der Waals surface area contributed by atoms with Gasteiger partial charge in [-0.05, 0) is 42.7 Å². The summed E-state index contributed by atoms with van der Waals surface area (Å²) in [5.41, 5.74) is 3.71. The highest BCUT2D eigenvalue weighted by Gasteiger charge is 2.12. The van der Waals surface area contributed by atoms with E-state index in [2.05, 4.69) is 39.7 Å². The van der Waals surface area contributed by atoms with Gasteiger partial charge in [-0.1, -0.05) is 41.5 Å². The van der Waals surface area contributed by atoms with Gasteiger partial charge in [0.1, 0.15) is 11.4 Å². The van der Waals surface area contributed by atoms with Gasteiger partial charge in [0, 0.05) is 30.0 Å². The van der Waals surface area contributed by atoms with E-state index in [9.17, 15) is 4.79 Å². The van der Waals surface area contributed by atoms with Gasteiger partial charge >= 0.3 is 0 Å². The number of carbonyl (C=O) groups excluding carboxylic acids is 1. The molecule has 1 N–H and O–H groups in total. The van der Waals surface area contributed by atoms with Crippen molar-refractivity contribution >= 4 is 11.8 Å². The summed E-state index contributed by atoms with van der Waals surface area (Å²) in [6.07, 6.45) is 2.34. The van der Waals surface area contributed by atoms with Crippen molar-refractivity contribution in [3.8, 4) is 28.4 Å². The number of anilines is 1. The molecule has 0 aliphatic heterocycles. The molecule has 32 heavy (non-hydrogen) atoms. The van der Waals surface area contributed by atoms with Crippen molar-refractivity contribution in [3.63, 3.8) is 0 Å². The van der Waals surface area contributed by atoms with Crippen LogP contribution in [0.25, 0.3) is 22.6 Å². The van der Waals surface area contributed by atoms with Crippen molar-refractivity contribution in [2.75, 3.05) is 12.4 Å². The summed E-state index contributed by atoms with van der Waals surface area (Å²) in [4.78, 5) is 16.6. The number of amides is 1. The fourth-order valence-corrected chi connectivity index (χ4v) is 3.20. The van der Waals surface area contributed by atoms with Gasteiger partial charge in [-0.25, -0.2) is 0 Å². The van der Waals surface area contributed by atoms with Crippen molar-refractivity contribution < 1.29 is 18.6 Å². The Morgan fingerprint density at radius 2 is 1.75 bits per heavy atom. The highest BCUT2D eigenvalue weighted by atomic mass is 16.5. The third kappa shape index (κ3) is 5.21. The molecule has 0 radical (unpaired) electrons. The lowest BCUT2D eigenvalue weighted by atomic mass is 10.1. The van der Waals surface area contributed by atoms with E-state index in [-0.39, 0.29) is 5.91 Å². The van der Waals surface area contributed by atoms with E-state index in [4.69, 9.17) is 13.8 Å². The minimum absolute atomic E-state index is 0.163. The maximum atomic E-state index is 12.2. The number of methoxy groups -OCH3 is 1. The molecule has 164 valence electrons. The Morgan fingerprint density at radius 3 is 2.47 bits per heavy atom. The van der Waals surface area contributed by atoms with Crippen LogP contribution in [0.15, 0.2) is 63.6 Å². The van der Waals surface area contributed by atoms with Crippen molar-refractivity contribution in [1.82, 2.24) is 15.3 Å². The van der Waals surface area contributed by atoms with Crippen molar-refractivity contribution in [3.05, 3.63) is 66.1 Å². The van der Waals surface area contributed by atoms with Gasteiger partial charge in [0.05, 0.1) is 7.11 Å². The van der Waals surface area contributed by atoms with Crippen molar-refractivity contribution in [2.45, 2.75) is 32.6 Å². The zero-order valence-corrected chi connectivity index (χ0v) is 18.0. The molecule has 0 unspecified atom stereocenters. The SMILES string of the molecule is CCc1ccc(-c2cc(NC(=O)CCCc3nc(-c4ccc(OC)cc4)no3)on2)cc1. The van der Waals surface area contributed by atoms with E-state index in [0.717, 1.165) is 23.3 Å². The Morgan fingerprint density at radius 1 is 1.00 bits per heavy atom. The molecule has 0 atom stereocenters. The number of benzene rings is 2. The first kappa shape index (κ1) is 21.3. The molecular formula is C24H24N4O4. The second kappa shape index (κ2) is 9.91. The van der Waals surface area contributed by atoms with Crippen LogP contribution in [0.2, 0.25) is 0 Å². The highest BCUT2D eigenvalue weighted by Crippen LogP contribution is 2.23. The Balaban J connectivity index is 1.26. The molecule has 2 aromatic carbocycles. The Hall–Kier alpha value is -3.94. The number of nitrogens with zero attached hydrogens (tertiary/aromatic N) is 3. The number of aryl methyl sites for hydroxylation is 2. The molecule has 0 saturated heterocycles. The van der Waals surface area contributed by atoms with Crippen LogP contribution >= 0.6 is 0 Å². The molecule has 0 fully saturated rings. The molecule has 8 heteroatoms. The quantitative estimate of drug-likeness (QED) is 0.400. The zero-order valence-electron chi connectivity index (χ0n) is 18.0. The van der Waals surface area contributed by atoms with Gasteiger partial charge in [0.2, 0.25) is 23.5 Å². The zero-order chi connectivity index (χ0) is 22.3. The third-order valence-corrected chi connectivity index (χ3v) is 5.04. The largest absolute Gasteiger partial charge is 0.497 e. The highest BCUT2D eigenvalue weighted by molar-refractivity contribution is 5.89. The maximum Gasteiger partial charge on any atom is 0.231 e. The van der Waals surface area contributed by atoms with Crippen LogP contribution in [0, 0.1) is 0 Å². The van der Waals surface area contributed by atoms with Gasteiger partial charge in [0.25, 0.3) is 0 Å². The van der Waals surface area contributed by atoms with Crippen LogP contribution in [0.3, 0.4) is 0 Å². The fourth-order valence-electron chi connectivity index (χ4n) is 3.20. The number of hydrogen-bond donors (Lipinski definition) is 1. The molecular weight excluding hydrogens is 408 g/mol. The smallest absolute Gasteiger partial charge is 0.231 e. The van der Waals surface area contributed by atoms with Gasteiger partial charge in [-0.2, -0.15) is 4.98 Å². The number of rotatable bonds is 9. The topological polar surface area (TPSA) is 103 Å². The second-order valence-corrected chi connectivity index (χ2v) is 7.27.